The van der Waals surface area contributed by atoms with Crippen molar-refractivity contribution in [2.75, 3.05) is 14.2 Å². The van der Waals surface area contributed by atoms with Crippen molar-refractivity contribution in [3.8, 4) is 17.2 Å². The highest BCUT2D eigenvalue weighted by atomic mass is 16.5. The molecule has 0 unspecified atom stereocenters. The average Bonchev–Trinajstić information content (AvgIpc) is 3.39. The van der Waals surface area contributed by atoms with E-state index in [-0.39, 0.29) is 54.5 Å². The Morgan fingerprint density at radius 1 is 0.981 bits per heavy atom. The monoisotopic (exact) mass is 703 g/mol. The van der Waals surface area contributed by atoms with Crippen LogP contribution in [0.2, 0.25) is 0 Å². The lowest BCUT2D eigenvalue weighted by Crippen LogP contribution is -2.54. The SMILES string of the molecule is COc1cc2nc(CCn3c(=O)n4n(c3=O)[C@@H]3C[C@H]5C(=O)C=C(C)C(=O)[C@@]5(C)[C@@H](c5ccc6ccccc6c5O)C3=CC4)c(=O)n(C)c2cc1OC. The van der Waals surface area contributed by atoms with E-state index in [0.29, 0.717) is 44.6 Å². The van der Waals surface area contributed by atoms with Crippen molar-refractivity contribution < 1.29 is 24.2 Å². The lowest BCUT2D eigenvalue weighted by Gasteiger charge is -2.52. The maximum atomic E-state index is 14.3. The van der Waals surface area contributed by atoms with Crippen LogP contribution in [0.15, 0.2) is 86.2 Å². The van der Waals surface area contributed by atoms with Crippen LogP contribution in [0.4, 0.5) is 0 Å². The van der Waals surface area contributed by atoms with Crippen LogP contribution in [0.1, 0.15) is 43.5 Å². The van der Waals surface area contributed by atoms with Gasteiger partial charge in [0.2, 0.25) is 0 Å². The third-order valence-electron chi connectivity index (χ3n) is 11.4. The zero-order valence-electron chi connectivity index (χ0n) is 29.4. The first-order valence-electron chi connectivity index (χ1n) is 17.1. The number of ketones is 2. The van der Waals surface area contributed by atoms with Gasteiger partial charge < -0.3 is 19.1 Å². The van der Waals surface area contributed by atoms with Crippen LogP contribution in [-0.2, 0) is 36.1 Å². The molecule has 0 spiro atoms. The van der Waals surface area contributed by atoms with Crippen LogP contribution in [0, 0.1) is 11.3 Å². The van der Waals surface area contributed by atoms with Crippen LogP contribution < -0.4 is 26.4 Å². The average molecular weight is 704 g/mol. The van der Waals surface area contributed by atoms with Gasteiger partial charge in [-0.3, -0.25) is 14.4 Å². The van der Waals surface area contributed by atoms with Gasteiger partial charge in [-0.1, -0.05) is 49.4 Å². The Kier molecular flexibility index (Phi) is 7.52. The minimum atomic E-state index is -1.25. The molecule has 0 saturated heterocycles. The standard InChI is InChI=1S/C39H37N5O8/c1-20-16-30(45)25-17-28-23(33(39(25,2)35(20)47)24-11-10-21-8-6-7-9-22(21)34(24)46)12-15-43-37(49)42(38(50)44(28)43)14-13-26-36(48)41(3)29-19-32(52-5)31(51-4)18-27(29)40-26/h6-12,16,18-19,25,28,33,46H,13-15,17H2,1-5H3/t25-,28+,33+,39+/m0/s1. The summed E-state index contributed by atoms with van der Waals surface area (Å²) in [5.74, 6) is -1.12. The number of nitrogens with zero attached hydrogens (tertiary/aromatic N) is 5. The summed E-state index contributed by atoms with van der Waals surface area (Å²) >= 11 is 0. The molecule has 13 nitrogen and oxygen atoms in total. The molecule has 5 aromatic rings. The number of carbonyl (C=O) groups is 2. The summed E-state index contributed by atoms with van der Waals surface area (Å²) in [5.41, 5.74) is -0.115. The second-order valence-corrected chi connectivity index (χ2v) is 14.0. The number of hydrogen-bond acceptors (Lipinski definition) is 9. The van der Waals surface area contributed by atoms with Gasteiger partial charge in [-0.05, 0) is 36.0 Å². The van der Waals surface area contributed by atoms with Crippen LogP contribution in [0.3, 0.4) is 0 Å². The van der Waals surface area contributed by atoms with E-state index in [1.807, 2.05) is 30.3 Å². The fourth-order valence-electron chi connectivity index (χ4n) is 8.84. The second-order valence-electron chi connectivity index (χ2n) is 14.0. The molecule has 1 fully saturated rings. The van der Waals surface area contributed by atoms with E-state index in [9.17, 15) is 29.1 Å². The quantitative estimate of drug-likeness (QED) is 0.261. The Morgan fingerprint density at radius 3 is 2.46 bits per heavy atom. The Labute approximate surface area is 296 Å². The van der Waals surface area contributed by atoms with E-state index in [4.69, 9.17) is 9.47 Å². The van der Waals surface area contributed by atoms with Crippen LogP contribution in [-0.4, -0.2) is 54.4 Å². The van der Waals surface area contributed by atoms with Crippen molar-refractivity contribution in [2.24, 2.45) is 18.4 Å². The molecule has 3 heterocycles. The van der Waals surface area contributed by atoms with Gasteiger partial charge in [0.05, 0.1) is 43.3 Å². The lowest BCUT2D eigenvalue weighted by atomic mass is 9.50. The summed E-state index contributed by atoms with van der Waals surface area (Å²) < 4.78 is 16.1. The maximum absolute atomic E-state index is 14.3. The topological polar surface area (TPSA) is 157 Å². The Hall–Kier alpha value is -5.98. The molecule has 4 atom stereocenters. The van der Waals surface area contributed by atoms with Gasteiger partial charge in [0.15, 0.2) is 23.1 Å². The van der Waals surface area contributed by atoms with Crippen molar-refractivity contribution in [3.05, 3.63) is 114 Å². The molecule has 3 aliphatic rings. The van der Waals surface area contributed by atoms with Crippen LogP contribution in [0.5, 0.6) is 17.2 Å². The summed E-state index contributed by atoms with van der Waals surface area (Å²) in [6.07, 6.45) is 3.33. The smallest absolute Gasteiger partial charge is 0.347 e. The minimum absolute atomic E-state index is 0.00508. The normalized spacial score (nSPS) is 22.4. The van der Waals surface area contributed by atoms with Crippen molar-refractivity contribution in [3.63, 3.8) is 0 Å². The number of aryl methyl sites for hydroxylation is 2. The highest BCUT2D eigenvalue weighted by molar-refractivity contribution is 6.13. The number of methoxy groups -OCH3 is 2. The molecule has 52 heavy (non-hydrogen) atoms. The Bertz CT molecular complexity index is 2640. The van der Waals surface area contributed by atoms with E-state index < -0.39 is 34.7 Å². The number of benzene rings is 3. The van der Waals surface area contributed by atoms with E-state index in [1.54, 1.807) is 45.2 Å². The third kappa shape index (κ3) is 4.54. The highest BCUT2D eigenvalue weighted by Crippen LogP contribution is 2.61. The predicted octanol–water partition coefficient (Wildman–Crippen LogP) is 3.57. The van der Waals surface area contributed by atoms with Gasteiger partial charge in [0.25, 0.3) is 5.56 Å². The first-order chi connectivity index (χ1) is 24.9. The van der Waals surface area contributed by atoms with Gasteiger partial charge in [0, 0.05) is 54.9 Å². The number of rotatable bonds is 6. The number of carbonyl (C=O) groups excluding carboxylic acids is 2. The molecule has 13 heteroatoms. The molecule has 1 saturated carbocycles. The maximum Gasteiger partial charge on any atom is 0.347 e. The lowest BCUT2D eigenvalue weighted by molar-refractivity contribution is -0.139. The molecular weight excluding hydrogens is 666 g/mol. The number of hydrogen-bond donors (Lipinski definition) is 1. The molecule has 0 radical (unpaired) electrons. The molecular formula is C39H37N5O8. The van der Waals surface area contributed by atoms with Crippen LogP contribution in [0.25, 0.3) is 21.8 Å². The van der Waals surface area contributed by atoms with Gasteiger partial charge in [-0.25, -0.2) is 28.5 Å². The second kappa shape index (κ2) is 11.8. The summed E-state index contributed by atoms with van der Waals surface area (Å²) in [6, 6.07) is 13.6. The Balaban J connectivity index is 1.22. The molecule has 0 amide bonds. The number of aromatic nitrogens is 5. The molecule has 266 valence electrons. The first-order valence-corrected chi connectivity index (χ1v) is 17.1. The molecule has 3 aromatic carbocycles. The van der Waals surface area contributed by atoms with Gasteiger partial charge >= 0.3 is 11.4 Å². The van der Waals surface area contributed by atoms with E-state index >= 15 is 0 Å². The fraction of sp³-hybridized carbons (Fsp3) is 0.333. The van der Waals surface area contributed by atoms with Crippen molar-refractivity contribution in [1.82, 2.24) is 23.5 Å². The number of aromatic hydroxyl groups is 1. The summed E-state index contributed by atoms with van der Waals surface area (Å²) in [6.45, 7) is 3.33. The largest absolute Gasteiger partial charge is 0.507 e. The molecule has 2 aromatic heterocycles. The predicted molar refractivity (Wildman–Crippen MR) is 192 cm³/mol. The van der Waals surface area contributed by atoms with Crippen LogP contribution >= 0.6 is 0 Å². The van der Waals surface area contributed by atoms with E-state index in [2.05, 4.69) is 4.98 Å². The fourth-order valence-corrected chi connectivity index (χ4v) is 8.84. The van der Waals surface area contributed by atoms with Gasteiger partial charge in [-0.15, -0.1) is 0 Å². The number of phenols is 1. The number of allylic oxidation sites excluding steroid dienone is 4. The van der Waals surface area contributed by atoms with Gasteiger partial charge in [0.1, 0.15) is 11.4 Å². The highest BCUT2D eigenvalue weighted by Gasteiger charge is 2.60. The number of ether oxygens (including phenoxy) is 2. The summed E-state index contributed by atoms with van der Waals surface area (Å²) in [4.78, 5) is 74.1. The Morgan fingerprint density at radius 2 is 1.71 bits per heavy atom. The number of phenolic OH excluding ortho intramolecular Hbond substituents is 1. The molecule has 0 bridgehead atoms. The van der Waals surface area contributed by atoms with Crippen molar-refractivity contribution >= 4 is 33.4 Å². The molecule has 1 aliphatic heterocycles. The number of Topliss-reactive ketones (excluding diaryl/α,β-unsaturated/α-hetero) is 1. The minimum Gasteiger partial charge on any atom is -0.507 e. The number of fused-ring (bicyclic) bond motifs is 6. The van der Waals surface area contributed by atoms with E-state index in [0.717, 1.165) is 9.95 Å². The van der Waals surface area contributed by atoms with Crippen molar-refractivity contribution in [2.45, 2.75) is 51.7 Å². The zero-order chi connectivity index (χ0) is 36.8. The third-order valence-corrected chi connectivity index (χ3v) is 11.4. The zero-order valence-corrected chi connectivity index (χ0v) is 29.4. The molecule has 8 rings (SSSR count). The van der Waals surface area contributed by atoms with Crippen molar-refractivity contribution in [1.29, 1.82) is 0 Å². The summed E-state index contributed by atoms with van der Waals surface area (Å²) in [7, 11) is 4.61. The summed E-state index contributed by atoms with van der Waals surface area (Å²) in [5, 5.41) is 13.2. The molecule has 2 aliphatic carbocycles. The molecule has 1 N–H and O–H groups in total. The van der Waals surface area contributed by atoms with E-state index in [1.165, 1.54) is 34.2 Å². The first kappa shape index (κ1) is 33.2. The van der Waals surface area contributed by atoms with Gasteiger partial charge in [-0.2, -0.15) is 0 Å².